The quantitative estimate of drug-likeness (QED) is 0.628. The highest BCUT2D eigenvalue weighted by Gasteiger charge is 2.14. The van der Waals surface area contributed by atoms with E-state index in [1.807, 2.05) is 19.1 Å². The van der Waals surface area contributed by atoms with Crippen LogP contribution in [0.15, 0.2) is 70.3 Å². The lowest BCUT2D eigenvalue weighted by molar-refractivity contribution is 0.340. The molecule has 3 rings (SSSR count). The first-order valence-electron chi connectivity index (χ1n) is 8.05. The molecule has 0 fully saturated rings. The highest BCUT2D eigenvalue weighted by Crippen LogP contribution is 2.19. The van der Waals surface area contributed by atoms with E-state index in [0.717, 1.165) is 11.4 Å². The van der Waals surface area contributed by atoms with E-state index in [9.17, 15) is 8.42 Å². The van der Waals surface area contributed by atoms with Gasteiger partial charge in [-0.1, -0.05) is 0 Å². The Balaban J connectivity index is 1.63. The van der Waals surface area contributed by atoms with E-state index >= 15 is 0 Å². The number of nitrogens with zero attached hydrogens (tertiary/aromatic N) is 1. The minimum absolute atomic E-state index is 0.141. The molecule has 26 heavy (non-hydrogen) atoms. The number of hydrogen-bond donors (Lipinski definition) is 2. The van der Waals surface area contributed by atoms with Crippen LogP contribution < -0.4 is 14.8 Å². The molecule has 0 aliphatic heterocycles. The van der Waals surface area contributed by atoms with Gasteiger partial charge in [0, 0.05) is 0 Å². The summed E-state index contributed by atoms with van der Waals surface area (Å²) in [5, 5.41) is 3.14. The maximum absolute atomic E-state index is 12.4. The second-order valence-electron chi connectivity index (χ2n) is 5.37. The van der Waals surface area contributed by atoms with Crippen molar-refractivity contribution in [3.05, 3.63) is 66.8 Å². The van der Waals surface area contributed by atoms with Gasteiger partial charge in [0.1, 0.15) is 17.3 Å². The first-order valence-corrected chi connectivity index (χ1v) is 9.53. The fraction of sp³-hybridized carbons (Fsp3) is 0.167. The number of furan rings is 1. The normalized spacial score (nSPS) is 11.1. The average molecular weight is 373 g/mol. The van der Waals surface area contributed by atoms with Crippen LogP contribution in [0, 0.1) is 0 Å². The second-order valence-corrected chi connectivity index (χ2v) is 7.06. The predicted octanol–water partition coefficient (Wildman–Crippen LogP) is 3.49. The largest absolute Gasteiger partial charge is 0.494 e. The Morgan fingerprint density at radius 2 is 1.92 bits per heavy atom. The summed E-state index contributed by atoms with van der Waals surface area (Å²) in [5.41, 5.74) is 0.755. The summed E-state index contributed by atoms with van der Waals surface area (Å²) in [6, 6.07) is 13.2. The van der Waals surface area contributed by atoms with Gasteiger partial charge < -0.3 is 14.5 Å². The number of anilines is 2. The van der Waals surface area contributed by atoms with Crippen LogP contribution in [0.25, 0.3) is 0 Å². The van der Waals surface area contributed by atoms with Crippen LogP contribution in [-0.2, 0) is 16.6 Å². The van der Waals surface area contributed by atoms with Crippen molar-refractivity contribution in [1.29, 1.82) is 0 Å². The van der Waals surface area contributed by atoms with Crippen LogP contribution in [-0.4, -0.2) is 20.0 Å². The zero-order chi connectivity index (χ0) is 18.4. The molecule has 0 bridgehead atoms. The molecule has 0 atom stereocenters. The van der Waals surface area contributed by atoms with E-state index in [0.29, 0.717) is 18.9 Å². The lowest BCUT2D eigenvalue weighted by atomic mass is 10.3. The van der Waals surface area contributed by atoms with Crippen molar-refractivity contribution in [3.8, 4) is 5.75 Å². The first kappa shape index (κ1) is 17.8. The van der Waals surface area contributed by atoms with E-state index in [2.05, 4.69) is 15.0 Å². The molecule has 2 aromatic heterocycles. The van der Waals surface area contributed by atoms with E-state index in [1.165, 1.54) is 12.1 Å². The number of pyridine rings is 1. The zero-order valence-electron chi connectivity index (χ0n) is 14.2. The summed E-state index contributed by atoms with van der Waals surface area (Å²) >= 11 is 0. The van der Waals surface area contributed by atoms with Gasteiger partial charge >= 0.3 is 0 Å². The summed E-state index contributed by atoms with van der Waals surface area (Å²) in [6.07, 6.45) is 3.16. The Bertz CT molecular complexity index is 922. The first-order chi connectivity index (χ1) is 12.6. The van der Waals surface area contributed by atoms with Crippen molar-refractivity contribution in [3.63, 3.8) is 0 Å². The number of hydrogen-bond acceptors (Lipinski definition) is 6. The third kappa shape index (κ3) is 4.54. The van der Waals surface area contributed by atoms with Gasteiger partial charge in [-0.3, -0.25) is 4.72 Å². The summed E-state index contributed by atoms with van der Waals surface area (Å²) in [5.74, 6) is 1.66. The van der Waals surface area contributed by atoms with Crippen LogP contribution in [0.2, 0.25) is 0 Å². The standard InChI is InChI=1S/C18H19N3O4S/c1-2-24-15-6-8-17(9-7-15)26(22,23)21-18-10-5-14(12-20-18)19-13-16-4-3-11-25-16/h3-12,19H,2,13H2,1H3,(H,20,21). The summed E-state index contributed by atoms with van der Waals surface area (Å²) in [4.78, 5) is 4.27. The molecule has 2 heterocycles. The molecule has 3 aromatic rings. The van der Waals surface area contributed by atoms with Crippen molar-refractivity contribution in [2.75, 3.05) is 16.6 Å². The lowest BCUT2D eigenvalue weighted by Gasteiger charge is -2.09. The van der Waals surface area contributed by atoms with Gasteiger partial charge in [0.05, 0.1) is 36.2 Å². The smallest absolute Gasteiger partial charge is 0.263 e. The molecule has 2 N–H and O–H groups in total. The Labute approximate surface area is 152 Å². The Morgan fingerprint density at radius 1 is 1.12 bits per heavy atom. The molecule has 136 valence electrons. The van der Waals surface area contributed by atoms with Gasteiger partial charge in [-0.15, -0.1) is 0 Å². The molecular formula is C18H19N3O4S. The molecule has 8 heteroatoms. The Morgan fingerprint density at radius 3 is 2.54 bits per heavy atom. The summed E-state index contributed by atoms with van der Waals surface area (Å²) in [7, 11) is -3.71. The molecule has 7 nitrogen and oxygen atoms in total. The third-order valence-electron chi connectivity index (χ3n) is 3.49. The van der Waals surface area contributed by atoms with Gasteiger partial charge in [0.2, 0.25) is 0 Å². The minimum Gasteiger partial charge on any atom is -0.494 e. The van der Waals surface area contributed by atoms with Crippen molar-refractivity contribution >= 4 is 21.5 Å². The fourth-order valence-electron chi connectivity index (χ4n) is 2.24. The van der Waals surface area contributed by atoms with Crippen molar-refractivity contribution < 1.29 is 17.6 Å². The predicted molar refractivity (Wildman–Crippen MR) is 98.7 cm³/mol. The van der Waals surface area contributed by atoms with Crippen molar-refractivity contribution in [2.24, 2.45) is 0 Å². The Kier molecular flexibility index (Phi) is 5.43. The Hall–Kier alpha value is -3.00. The highest BCUT2D eigenvalue weighted by molar-refractivity contribution is 7.92. The van der Waals surface area contributed by atoms with E-state index < -0.39 is 10.0 Å². The van der Waals surface area contributed by atoms with E-state index in [4.69, 9.17) is 9.15 Å². The highest BCUT2D eigenvalue weighted by atomic mass is 32.2. The molecule has 0 aliphatic rings. The third-order valence-corrected chi connectivity index (χ3v) is 4.86. The number of aromatic nitrogens is 1. The van der Waals surface area contributed by atoms with Gasteiger partial charge in [-0.2, -0.15) is 0 Å². The SMILES string of the molecule is CCOc1ccc(S(=O)(=O)Nc2ccc(NCc3ccco3)cn2)cc1. The molecule has 0 saturated heterocycles. The van der Waals surface area contributed by atoms with E-state index in [1.54, 1.807) is 36.7 Å². The van der Waals surface area contributed by atoms with Gasteiger partial charge in [0.25, 0.3) is 10.0 Å². The summed E-state index contributed by atoms with van der Waals surface area (Å²) < 4.78 is 37.8. The molecule has 0 spiro atoms. The monoisotopic (exact) mass is 373 g/mol. The molecule has 0 saturated carbocycles. The zero-order valence-corrected chi connectivity index (χ0v) is 15.0. The molecule has 0 unspecified atom stereocenters. The van der Waals surface area contributed by atoms with Crippen molar-refractivity contribution in [2.45, 2.75) is 18.4 Å². The van der Waals surface area contributed by atoms with Crippen LogP contribution in [0.5, 0.6) is 5.75 Å². The maximum atomic E-state index is 12.4. The van der Waals surface area contributed by atoms with Crippen LogP contribution in [0.3, 0.4) is 0 Å². The van der Waals surface area contributed by atoms with Crippen LogP contribution in [0.4, 0.5) is 11.5 Å². The average Bonchev–Trinajstić information content (AvgIpc) is 3.15. The van der Waals surface area contributed by atoms with Crippen molar-refractivity contribution in [1.82, 2.24) is 4.98 Å². The molecule has 1 aromatic carbocycles. The van der Waals surface area contributed by atoms with Crippen LogP contribution in [0.1, 0.15) is 12.7 Å². The van der Waals surface area contributed by atoms with Gasteiger partial charge in [-0.05, 0) is 55.5 Å². The molecular weight excluding hydrogens is 354 g/mol. The lowest BCUT2D eigenvalue weighted by Crippen LogP contribution is -2.14. The second kappa shape index (κ2) is 7.92. The van der Waals surface area contributed by atoms with Gasteiger partial charge in [0.15, 0.2) is 0 Å². The number of ether oxygens (including phenoxy) is 1. The molecule has 0 amide bonds. The molecule has 0 aliphatic carbocycles. The maximum Gasteiger partial charge on any atom is 0.263 e. The number of rotatable bonds is 8. The number of benzene rings is 1. The van der Waals surface area contributed by atoms with E-state index in [-0.39, 0.29) is 10.7 Å². The van der Waals surface area contributed by atoms with Gasteiger partial charge in [-0.25, -0.2) is 13.4 Å². The summed E-state index contributed by atoms with van der Waals surface area (Å²) in [6.45, 7) is 2.91. The minimum atomic E-state index is -3.71. The number of sulfonamides is 1. The van der Waals surface area contributed by atoms with Crippen LogP contribution >= 0.6 is 0 Å². The number of nitrogens with one attached hydrogen (secondary N) is 2. The molecule has 0 radical (unpaired) electrons. The fourth-order valence-corrected chi connectivity index (χ4v) is 3.25. The topological polar surface area (TPSA) is 93.5 Å².